The lowest BCUT2D eigenvalue weighted by Crippen LogP contribution is -2.42. The van der Waals surface area contributed by atoms with Crippen LogP contribution in [0, 0.1) is 5.92 Å². The summed E-state index contributed by atoms with van der Waals surface area (Å²) in [4.78, 5) is 22.7. The third kappa shape index (κ3) is 3.70. The van der Waals surface area contributed by atoms with E-state index < -0.39 is 0 Å². The Hall–Kier alpha value is -1.10. The van der Waals surface area contributed by atoms with Crippen LogP contribution in [0.3, 0.4) is 0 Å². The number of hydrogen-bond acceptors (Lipinski definition) is 3. The van der Waals surface area contributed by atoms with E-state index in [0.717, 1.165) is 26.1 Å². The van der Waals surface area contributed by atoms with Crippen molar-refractivity contribution < 1.29 is 9.59 Å². The maximum Gasteiger partial charge on any atom is 0.242 e. The molecule has 0 aliphatic carbocycles. The molecule has 0 spiro atoms. The molecule has 0 radical (unpaired) electrons. The molecule has 0 aromatic carbocycles. The highest BCUT2D eigenvalue weighted by atomic mass is 16.2. The number of nitrogens with one attached hydrogen (secondary N) is 3. The van der Waals surface area contributed by atoms with Gasteiger partial charge in [0.2, 0.25) is 11.8 Å². The van der Waals surface area contributed by atoms with Crippen molar-refractivity contribution in [1.82, 2.24) is 16.0 Å². The van der Waals surface area contributed by atoms with Crippen LogP contribution in [0.1, 0.15) is 32.1 Å². The number of hydrogen-bond donors (Lipinski definition) is 3. The molecule has 17 heavy (non-hydrogen) atoms. The van der Waals surface area contributed by atoms with Gasteiger partial charge in [-0.1, -0.05) is 0 Å². The van der Waals surface area contributed by atoms with Crippen LogP contribution in [0.15, 0.2) is 0 Å². The molecule has 96 valence electrons. The van der Waals surface area contributed by atoms with Crippen LogP contribution in [-0.2, 0) is 9.59 Å². The van der Waals surface area contributed by atoms with Crippen molar-refractivity contribution in [3.8, 4) is 0 Å². The Labute approximate surface area is 102 Å². The highest BCUT2D eigenvalue weighted by Crippen LogP contribution is 2.13. The van der Waals surface area contributed by atoms with Crippen molar-refractivity contribution in [3.63, 3.8) is 0 Å². The molecule has 0 aromatic rings. The van der Waals surface area contributed by atoms with Crippen molar-refractivity contribution in [2.45, 2.75) is 38.1 Å². The van der Waals surface area contributed by atoms with Gasteiger partial charge in [0, 0.05) is 13.0 Å². The van der Waals surface area contributed by atoms with Crippen molar-refractivity contribution in [1.29, 1.82) is 0 Å². The van der Waals surface area contributed by atoms with Crippen LogP contribution in [0.4, 0.5) is 0 Å². The van der Waals surface area contributed by atoms with Crippen molar-refractivity contribution in [2.75, 3.05) is 19.6 Å². The maximum atomic E-state index is 11.7. The van der Waals surface area contributed by atoms with Crippen molar-refractivity contribution >= 4 is 11.8 Å². The molecule has 2 amide bonds. The lowest BCUT2D eigenvalue weighted by Gasteiger charge is -2.22. The second kappa shape index (κ2) is 6.00. The summed E-state index contributed by atoms with van der Waals surface area (Å²) in [5.41, 5.74) is 0. The third-order valence-corrected chi connectivity index (χ3v) is 3.56. The fourth-order valence-electron chi connectivity index (χ4n) is 2.50. The molecule has 3 N–H and O–H groups in total. The zero-order valence-electron chi connectivity index (χ0n) is 10.1. The molecule has 5 nitrogen and oxygen atoms in total. The minimum Gasteiger partial charge on any atom is -0.354 e. The molecular weight excluding hydrogens is 218 g/mol. The molecule has 0 bridgehead atoms. The monoisotopic (exact) mass is 239 g/mol. The molecule has 0 aromatic heterocycles. The SMILES string of the molecule is O=C1CC[C@@H](C(=O)NCCC2CCCNC2)N1. The molecular formula is C12H21N3O2. The Morgan fingerprint density at radius 2 is 2.29 bits per heavy atom. The average molecular weight is 239 g/mol. The van der Waals surface area contributed by atoms with Crippen molar-refractivity contribution in [2.24, 2.45) is 5.92 Å². The van der Waals surface area contributed by atoms with Gasteiger partial charge in [-0.05, 0) is 44.7 Å². The first-order valence-electron chi connectivity index (χ1n) is 6.53. The number of amides is 2. The molecule has 2 aliphatic rings. The standard InChI is InChI=1S/C12H21N3O2/c16-11-4-3-10(15-11)12(17)14-7-5-9-2-1-6-13-8-9/h9-10,13H,1-8H2,(H,14,17)(H,15,16)/t9?,10-/m0/s1. The van der Waals surface area contributed by atoms with Gasteiger partial charge >= 0.3 is 0 Å². The fourth-order valence-corrected chi connectivity index (χ4v) is 2.50. The first kappa shape index (κ1) is 12.4. The summed E-state index contributed by atoms with van der Waals surface area (Å²) in [6, 6.07) is -0.299. The van der Waals surface area contributed by atoms with Gasteiger partial charge in [0.1, 0.15) is 6.04 Å². The summed E-state index contributed by atoms with van der Waals surface area (Å²) in [6.07, 6.45) is 4.63. The minimum atomic E-state index is -0.299. The fraction of sp³-hybridized carbons (Fsp3) is 0.833. The van der Waals surface area contributed by atoms with Gasteiger partial charge in [-0.3, -0.25) is 9.59 Å². The summed E-state index contributed by atoms with van der Waals surface area (Å²) < 4.78 is 0. The van der Waals surface area contributed by atoms with Crippen molar-refractivity contribution in [3.05, 3.63) is 0 Å². The highest BCUT2D eigenvalue weighted by molar-refractivity contribution is 5.90. The van der Waals surface area contributed by atoms with Crippen LogP contribution in [0.25, 0.3) is 0 Å². The first-order chi connectivity index (χ1) is 8.25. The Balaban J connectivity index is 1.61. The number of piperidine rings is 1. The summed E-state index contributed by atoms with van der Waals surface area (Å²) in [5, 5.41) is 8.95. The summed E-state index contributed by atoms with van der Waals surface area (Å²) in [7, 11) is 0. The van der Waals surface area contributed by atoms with Gasteiger partial charge in [-0.25, -0.2) is 0 Å². The molecule has 2 aliphatic heterocycles. The second-order valence-electron chi connectivity index (χ2n) is 4.95. The molecule has 2 fully saturated rings. The topological polar surface area (TPSA) is 70.2 Å². The number of rotatable bonds is 4. The van der Waals surface area contributed by atoms with E-state index in [0.29, 0.717) is 18.8 Å². The van der Waals surface area contributed by atoms with Crippen LogP contribution >= 0.6 is 0 Å². The molecule has 1 unspecified atom stereocenters. The van der Waals surface area contributed by atoms with E-state index in [4.69, 9.17) is 0 Å². The van der Waals surface area contributed by atoms with Gasteiger partial charge in [0.15, 0.2) is 0 Å². The van der Waals surface area contributed by atoms with Gasteiger partial charge < -0.3 is 16.0 Å². The van der Waals surface area contributed by atoms with Gasteiger partial charge in [-0.2, -0.15) is 0 Å². The highest BCUT2D eigenvalue weighted by Gasteiger charge is 2.26. The molecule has 2 rings (SSSR count). The van der Waals surface area contributed by atoms with Crippen LogP contribution < -0.4 is 16.0 Å². The van der Waals surface area contributed by atoms with Crippen LogP contribution in [0.5, 0.6) is 0 Å². The van der Waals surface area contributed by atoms with E-state index in [-0.39, 0.29) is 17.9 Å². The van der Waals surface area contributed by atoms with Crippen LogP contribution in [0.2, 0.25) is 0 Å². The summed E-state index contributed by atoms with van der Waals surface area (Å²) >= 11 is 0. The van der Waals surface area contributed by atoms with E-state index in [1.807, 2.05) is 0 Å². The number of carbonyl (C=O) groups is 2. The summed E-state index contributed by atoms with van der Waals surface area (Å²) in [5.74, 6) is 0.642. The third-order valence-electron chi connectivity index (χ3n) is 3.56. The Bertz CT molecular complexity index is 287. The number of carbonyl (C=O) groups excluding carboxylic acids is 2. The zero-order chi connectivity index (χ0) is 12.1. The second-order valence-corrected chi connectivity index (χ2v) is 4.95. The molecule has 2 saturated heterocycles. The van der Waals surface area contributed by atoms with E-state index in [9.17, 15) is 9.59 Å². The van der Waals surface area contributed by atoms with E-state index in [1.165, 1.54) is 12.8 Å². The Kier molecular flexibility index (Phi) is 4.36. The quantitative estimate of drug-likeness (QED) is 0.635. The van der Waals surface area contributed by atoms with E-state index in [1.54, 1.807) is 0 Å². The predicted octanol–water partition coefficient (Wildman–Crippen LogP) is -0.229. The largest absolute Gasteiger partial charge is 0.354 e. The van der Waals surface area contributed by atoms with Gasteiger partial charge in [0.25, 0.3) is 0 Å². The minimum absolute atomic E-state index is 0.0124. The first-order valence-corrected chi connectivity index (χ1v) is 6.53. The zero-order valence-corrected chi connectivity index (χ0v) is 10.1. The average Bonchev–Trinajstić information content (AvgIpc) is 2.77. The van der Waals surface area contributed by atoms with E-state index >= 15 is 0 Å². The summed E-state index contributed by atoms with van der Waals surface area (Å²) in [6.45, 7) is 2.91. The predicted molar refractivity (Wildman–Crippen MR) is 64.4 cm³/mol. The maximum absolute atomic E-state index is 11.7. The molecule has 2 atom stereocenters. The van der Waals surface area contributed by atoms with Crippen LogP contribution in [-0.4, -0.2) is 37.5 Å². The smallest absolute Gasteiger partial charge is 0.242 e. The lowest BCUT2D eigenvalue weighted by atomic mass is 9.96. The normalized spacial score (nSPS) is 28.8. The molecule has 5 heteroatoms. The molecule has 0 saturated carbocycles. The van der Waals surface area contributed by atoms with E-state index in [2.05, 4.69) is 16.0 Å². The van der Waals surface area contributed by atoms with Gasteiger partial charge in [0.05, 0.1) is 0 Å². The van der Waals surface area contributed by atoms with Gasteiger partial charge in [-0.15, -0.1) is 0 Å². The lowest BCUT2D eigenvalue weighted by molar-refractivity contribution is -0.125. The Morgan fingerprint density at radius 3 is 2.94 bits per heavy atom. The molecule has 2 heterocycles. The Morgan fingerprint density at radius 1 is 1.41 bits per heavy atom.